The van der Waals surface area contributed by atoms with Gasteiger partial charge in [-0.1, -0.05) is 19.3 Å². The number of aliphatic hydroxyl groups excluding tert-OH is 1. The highest BCUT2D eigenvalue weighted by molar-refractivity contribution is 4.53. The van der Waals surface area contributed by atoms with Gasteiger partial charge in [0, 0.05) is 13.2 Å². The Bertz CT molecular complexity index is 98.9. The first-order valence-electron chi connectivity index (χ1n) is 5.14. The topological polar surface area (TPSA) is 29.5 Å². The van der Waals surface area contributed by atoms with Gasteiger partial charge >= 0.3 is 0 Å². The molecule has 0 saturated heterocycles. The second kappa shape index (κ2) is 9.93. The van der Waals surface area contributed by atoms with Gasteiger partial charge in [-0.05, 0) is 19.8 Å². The fraction of sp³-hybridized carbons (Fsp3) is 1.00. The molecule has 0 bridgehead atoms. The maximum atomic E-state index is 12.5. The lowest BCUT2D eigenvalue weighted by Gasteiger charge is -2.04. The number of unbranched alkanes of at least 4 members (excludes halogenated alkanes) is 3. The van der Waals surface area contributed by atoms with E-state index in [1.165, 1.54) is 0 Å². The van der Waals surface area contributed by atoms with Gasteiger partial charge in [0.25, 0.3) is 0 Å². The van der Waals surface area contributed by atoms with Crippen molar-refractivity contribution in [3.05, 3.63) is 0 Å². The van der Waals surface area contributed by atoms with Crippen molar-refractivity contribution >= 4 is 0 Å². The number of hydrogen-bond donors (Lipinski definition) is 1. The maximum Gasteiger partial charge on any atom is 0.123 e. The SMILES string of the molecule is CCOCCCCCCC(F)CO. The van der Waals surface area contributed by atoms with Gasteiger partial charge in [-0.3, -0.25) is 0 Å². The molecule has 1 atom stereocenters. The van der Waals surface area contributed by atoms with E-state index in [0.717, 1.165) is 38.9 Å². The summed E-state index contributed by atoms with van der Waals surface area (Å²) >= 11 is 0. The third-order valence-electron chi connectivity index (χ3n) is 1.96. The Balaban J connectivity index is 2.91. The Morgan fingerprint density at radius 3 is 2.54 bits per heavy atom. The molecule has 0 aliphatic carbocycles. The minimum atomic E-state index is -1.02. The highest BCUT2D eigenvalue weighted by atomic mass is 19.1. The van der Waals surface area contributed by atoms with E-state index in [1.807, 2.05) is 6.92 Å². The third-order valence-corrected chi connectivity index (χ3v) is 1.96. The van der Waals surface area contributed by atoms with Crippen molar-refractivity contribution in [2.45, 2.75) is 45.2 Å². The molecule has 0 aromatic carbocycles. The third kappa shape index (κ3) is 9.77. The molecule has 1 unspecified atom stereocenters. The fourth-order valence-electron chi connectivity index (χ4n) is 1.16. The summed E-state index contributed by atoms with van der Waals surface area (Å²) in [7, 11) is 0. The summed E-state index contributed by atoms with van der Waals surface area (Å²) in [4.78, 5) is 0. The molecule has 1 N–H and O–H groups in total. The summed E-state index contributed by atoms with van der Waals surface area (Å²) < 4.78 is 17.7. The van der Waals surface area contributed by atoms with Gasteiger partial charge in [-0.15, -0.1) is 0 Å². The number of aliphatic hydroxyl groups is 1. The van der Waals surface area contributed by atoms with E-state index in [1.54, 1.807) is 0 Å². The van der Waals surface area contributed by atoms with Crippen molar-refractivity contribution in [1.82, 2.24) is 0 Å². The summed E-state index contributed by atoms with van der Waals surface area (Å²) in [6.07, 6.45) is 3.53. The molecule has 3 heteroatoms. The van der Waals surface area contributed by atoms with Crippen LogP contribution < -0.4 is 0 Å². The van der Waals surface area contributed by atoms with Gasteiger partial charge in [0.1, 0.15) is 6.17 Å². The zero-order valence-electron chi connectivity index (χ0n) is 8.47. The summed E-state index contributed by atoms with van der Waals surface area (Å²) in [5, 5.41) is 8.41. The minimum absolute atomic E-state index is 0.334. The first-order chi connectivity index (χ1) is 6.31. The molecule has 0 radical (unpaired) electrons. The van der Waals surface area contributed by atoms with Gasteiger partial charge in [0.2, 0.25) is 0 Å². The molecular formula is C10H21FO2. The van der Waals surface area contributed by atoms with E-state index in [9.17, 15) is 4.39 Å². The van der Waals surface area contributed by atoms with Crippen LogP contribution >= 0.6 is 0 Å². The van der Waals surface area contributed by atoms with Crippen molar-refractivity contribution < 1.29 is 14.2 Å². The molecule has 0 aromatic heterocycles. The molecule has 0 rings (SSSR count). The number of rotatable bonds is 9. The smallest absolute Gasteiger partial charge is 0.123 e. The molecule has 80 valence electrons. The van der Waals surface area contributed by atoms with E-state index in [-0.39, 0.29) is 6.61 Å². The maximum absolute atomic E-state index is 12.5. The second-order valence-electron chi connectivity index (χ2n) is 3.18. The van der Waals surface area contributed by atoms with Crippen LogP contribution in [0.1, 0.15) is 39.0 Å². The second-order valence-corrected chi connectivity index (χ2v) is 3.18. The van der Waals surface area contributed by atoms with Crippen LogP contribution in [0.5, 0.6) is 0 Å². The molecule has 0 heterocycles. The predicted octanol–water partition coefficient (Wildman–Crippen LogP) is 2.30. The van der Waals surface area contributed by atoms with E-state index in [4.69, 9.17) is 9.84 Å². The summed E-state index contributed by atoms with van der Waals surface area (Å²) in [5.41, 5.74) is 0. The van der Waals surface area contributed by atoms with Crippen molar-refractivity contribution in [3.8, 4) is 0 Å². The van der Waals surface area contributed by atoms with Crippen molar-refractivity contribution in [1.29, 1.82) is 0 Å². The number of halogens is 1. The first kappa shape index (κ1) is 12.8. The molecule has 0 spiro atoms. The van der Waals surface area contributed by atoms with Crippen molar-refractivity contribution in [2.24, 2.45) is 0 Å². The standard InChI is InChI=1S/C10H21FO2/c1-2-13-8-6-4-3-5-7-10(11)9-12/h10,12H,2-9H2,1H3. The highest BCUT2D eigenvalue weighted by Gasteiger charge is 2.02. The Morgan fingerprint density at radius 1 is 1.23 bits per heavy atom. The van der Waals surface area contributed by atoms with E-state index < -0.39 is 6.17 Å². The molecule has 2 nitrogen and oxygen atoms in total. The lowest BCUT2D eigenvalue weighted by molar-refractivity contribution is 0.141. The molecule has 0 saturated carbocycles. The van der Waals surface area contributed by atoms with Crippen LogP contribution in [0.2, 0.25) is 0 Å². The van der Waals surface area contributed by atoms with Crippen LogP contribution in [0, 0.1) is 0 Å². The minimum Gasteiger partial charge on any atom is -0.393 e. The molecule has 0 amide bonds. The van der Waals surface area contributed by atoms with E-state index >= 15 is 0 Å². The van der Waals surface area contributed by atoms with Gasteiger partial charge in [-0.25, -0.2) is 4.39 Å². The van der Waals surface area contributed by atoms with E-state index in [2.05, 4.69) is 0 Å². The lowest BCUT2D eigenvalue weighted by atomic mass is 10.1. The van der Waals surface area contributed by atoms with Gasteiger partial charge in [-0.2, -0.15) is 0 Å². The monoisotopic (exact) mass is 192 g/mol. The first-order valence-corrected chi connectivity index (χ1v) is 5.14. The molecule has 13 heavy (non-hydrogen) atoms. The van der Waals surface area contributed by atoms with Crippen LogP contribution in [-0.4, -0.2) is 31.1 Å². The molecular weight excluding hydrogens is 171 g/mol. The van der Waals surface area contributed by atoms with Crippen molar-refractivity contribution in [3.63, 3.8) is 0 Å². The van der Waals surface area contributed by atoms with Crippen molar-refractivity contribution in [2.75, 3.05) is 19.8 Å². The highest BCUT2D eigenvalue weighted by Crippen LogP contribution is 2.07. The fourth-order valence-corrected chi connectivity index (χ4v) is 1.16. The quantitative estimate of drug-likeness (QED) is 0.568. The number of ether oxygens (including phenoxy) is 1. The molecule has 0 aromatic rings. The zero-order chi connectivity index (χ0) is 9.94. The summed E-state index contributed by atoms with van der Waals surface area (Å²) in [6.45, 7) is 3.24. The van der Waals surface area contributed by atoms with E-state index in [0.29, 0.717) is 6.42 Å². The Kier molecular flexibility index (Phi) is 9.82. The average Bonchev–Trinajstić information content (AvgIpc) is 2.16. The predicted molar refractivity (Wildman–Crippen MR) is 51.6 cm³/mol. The Morgan fingerprint density at radius 2 is 1.92 bits per heavy atom. The number of alkyl halides is 1. The molecule has 0 aliphatic heterocycles. The van der Waals surface area contributed by atoms with Crippen LogP contribution in [0.25, 0.3) is 0 Å². The summed E-state index contributed by atoms with van der Waals surface area (Å²) in [5.74, 6) is 0. The zero-order valence-corrected chi connectivity index (χ0v) is 8.47. The van der Waals surface area contributed by atoms with Crippen LogP contribution in [0.3, 0.4) is 0 Å². The largest absolute Gasteiger partial charge is 0.393 e. The Labute approximate surface area is 80.1 Å². The molecule has 0 aliphatic rings. The normalized spacial score (nSPS) is 13.2. The van der Waals surface area contributed by atoms with Gasteiger partial charge in [0.05, 0.1) is 6.61 Å². The lowest BCUT2D eigenvalue weighted by Crippen LogP contribution is -2.05. The molecule has 0 fully saturated rings. The van der Waals surface area contributed by atoms with Crippen LogP contribution in [-0.2, 0) is 4.74 Å². The number of hydrogen-bond acceptors (Lipinski definition) is 2. The Hall–Kier alpha value is -0.150. The average molecular weight is 192 g/mol. The van der Waals surface area contributed by atoms with Crippen LogP contribution in [0.4, 0.5) is 4.39 Å². The van der Waals surface area contributed by atoms with Gasteiger partial charge in [0.15, 0.2) is 0 Å². The van der Waals surface area contributed by atoms with Gasteiger partial charge < -0.3 is 9.84 Å². The van der Waals surface area contributed by atoms with Crippen LogP contribution in [0.15, 0.2) is 0 Å². The summed E-state index contributed by atoms with van der Waals surface area (Å²) in [6, 6.07) is 0.